The molecule has 0 saturated heterocycles. The van der Waals surface area contributed by atoms with Crippen LogP contribution in [0.5, 0.6) is 5.75 Å². The molecule has 0 radical (unpaired) electrons. The van der Waals surface area contributed by atoms with Gasteiger partial charge in [0.15, 0.2) is 11.7 Å². The van der Waals surface area contributed by atoms with Crippen molar-refractivity contribution in [2.24, 2.45) is 0 Å². The summed E-state index contributed by atoms with van der Waals surface area (Å²) in [6.07, 6.45) is 1.29. The van der Waals surface area contributed by atoms with E-state index >= 15 is 0 Å². The van der Waals surface area contributed by atoms with Crippen LogP contribution in [-0.2, 0) is 6.42 Å². The lowest BCUT2D eigenvalue weighted by molar-refractivity contribution is 0.112. The number of aromatic hydroxyl groups is 1. The fourth-order valence-electron chi connectivity index (χ4n) is 4.07. The molecule has 1 aliphatic heterocycles. The Morgan fingerprint density at radius 2 is 1.61 bits per heavy atom. The van der Waals surface area contributed by atoms with Crippen molar-refractivity contribution < 1.29 is 14.3 Å². The third-order valence-corrected chi connectivity index (χ3v) is 5.52. The number of carbonyl (C=O) groups excluding carboxylic acids is 1. The van der Waals surface area contributed by atoms with E-state index in [0.29, 0.717) is 28.9 Å². The minimum absolute atomic E-state index is 0.118. The van der Waals surface area contributed by atoms with Crippen molar-refractivity contribution in [2.75, 3.05) is 0 Å². The van der Waals surface area contributed by atoms with Gasteiger partial charge >= 0.3 is 0 Å². The smallest absolute Gasteiger partial charge is 0.182 e. The second-order valence-corrected chi connectivity index (χ2v) is 7.44. The van der Waals surface area contributed by atoms with Crippen LogP contribution in [0, 0.1) is 0 Å². The summed E-state index contributed by atoms with van der Waals surface area (Å²) in [7, 11) is 0. The normalized spacial score (nSPS) is 11.1. The van der Waals surface area contributed by atoms with E-state index in [4.69, 9.17) is 4.42 Å². The number of hydrogen-bond acceptors (Lipinski definition) is 4. The van der Waals surface area contributed by atoms with E-state index in [9.17, 15) is 14.7 Å². The molecule has 5 rings (SSSR count). The SMILES string of the molecule is O=Cc1ccccc1-c1c2ccc(=O)cc-2oc2c(Cc3ccccc3)c(O)ccc12. The van der Waals surface area contributed by atoms with Gasteiger partial charge in [0.1, 0.15) is 17.1 Å². The lowest BCUT2D eigenvalue weighted by Gasteiger charge is -2.18. The van der Waals surface area contributed by atoms with Crippen LogP contribution in [0.15, 0.2) is 94.1 Å². The molecule has 1 N–H and O–H groups in total. The molecule has 0 unspecified atom stereocenters. The van der Waals surface area contributed by atoms with Crippen LogP contribution in [0.3, 0.4) is 0 Å². The van der Waals surface area contributed by atoms with Gasteiger partial charge in [-0.1, -0.05) is 54.6 Å². The largest absolute Gasteiger partial charge is 0.508 e. The van der Waals surface area contributed by atoms with E-state index in [-0.39, 0.29) is 11.2 Å². The van der Waals surface area contributed by atoms with Crippen molar-refractivity contribution in [3.05, 3.63) is 112 Å². The molecule has 0 atom stereocenters. The van der Waals surface area contributed by atoms with E-state index in [1.807, 2.05) is 48.5 Å². The van der Waals surface area contributed by atoms with Crippen molar-refractivity contribution in [3.8, 4) is 28.2 Å². The first-order valence-electron chi connectivity index (χ1n) is 9.95. The minimum atomic E-state index is -0.171. The van der Waals surface area contributed by atoms with Crippen molar-refractivity contribution in [2.45, 2.75) is 6.42 Å². The van der Waals surface area contributed by atoms with Gasteiger partial charge in [0, 0.05) is 40.1 Å². The highest BCUT2D eigenvalue weighted by Crippen LogP contribution is 2.43. The minimum Gasteiger partial charge on any atom is -0.508 e. The van der Waals surface area contributed by atoms with Crippen LogP contribution in [0.1, 0.15) is 21.5 Å². The molecule has 3 aromatic rings. The van der Waals surface area contributed by atoms with Crippen molar-refractivity contribution in [1.29, 1.82) is 0 Å². The van der Waals surface area contributed by atoms with E-state index < -0.39 is 0 Å². The summed E-state index contributed by atoms with van der Waals surface area (Å²) in [4.78, 5) is 23.8. The summed E-state index contributed by atoms with van der Waals surface area (Å²) >= 11 is 0. The zero-order chi connectivity index (χ0) is 21.4. The molecular weight excluding hydrogens is 388 g/mol. The first kappa shape index (κ1) is 18.8. The molecule has 0 amide bonds. The number of phenolic OH excluding ortho intramolecular Hbond substituents is 1. The average Bonchev–Trinajstić information content (AvgIpc) is 2.80. The van der Waals surface area contributed by atoms with Crippen molar-refractivity contribution in [1.82, 2.24) is 0 Å². The van der Waals surface area contributed by atoms with Crippen LogP contribution >= 0.6 is 0 Å². The van der Waals surface area contributed by atoms with Gasteiger partial charge in [0.2, 0.25) is 0 Å². The number of fused-ring (bicyclic) bond motifs is 2. The fourth-order valence-corrected chi connectivity index (χ4v) is 4.07. The Morgan fingerprint density at radius 1 is 0.839 bits per heavy atom. The Bertz CT molecular complexity index is 1450. The van der Waals surface area contributed by atoms with Gasteiger partial charge < -0.3 is 9.52 Å². The Hall–Kier alpha value is -4.18. The van der Waals surface area contributed by atoms with Gasteiger partial charge in [0.25, 0.3) is 0 Å². The molecule has 4 heteroatoms. The fraction of sp³-hybridized carbons (Fsp3) is 0.0370. The Balaban J connectivity index is 1.90. The van der Waals surface area contributed by atoms with Gasteiger partial charge in [-0.15, -0.1) is 0 Å². The lowest BCUT2D eigenvalue weighted by atomic mass is 9.89. The zero-order valence-electron chi connectivity index (χ0n) is 16.5. The van der Waals surface area contributed by atoms with E-state index in [1.165, 1.54) is 12.1 Å². The molecule has 31 heavy (non-hydrogen) atoms. The molecule has 0 bridgehead atoms. The summed E-state index contributed by atoms with van der Waals surface area (Å²) in [6, 6.07) is 25.2. The molecule has 2 aliphatic rings. The average molecular weight is 406 g/mol. The summed E-state index contributed by atoms with van der Waals surface area (Å²) in [6.45, 7) is 0. The molecule has 3 aromatic carbocycles. The van der Waals surface area contributed by atoms with Crippen LogP contribution in [0.25, 0.3) is 33.4 Å². The third kappa shape index (κ3) is 3.28. The highest BCUT2D eigenvalue weighted by Gasteiger charge is 2.22. The van der Waals surface area contributed by atoms with Crippen molar-refractivity contribution in [3.63, 3.8) is 0 Å². The maximum Gasteiger partial charge on any atom is 0.182 e. The number of aldehydes is 1. The predicted octanol–water partition coefficient (Wildman–Crippen LogP) is 5.67. The molecule has 150 valence electrons. The summed E-state index contributed by atoms with van der Waals surface area (Å²) in [5.41, 5.74) is 4.80. The number of hydrogen-bond donors (Lipinski definition) is 1. The number of phenols is 1. The molecule has 1 aliphatic carbocycles. The van der Waals surface area contributed by atoms with Crippen LogP contribution in [-0.4, -0.2) is 11.4 Å². The molecule has 0 aromatic heterocycles. The maximum atomic E-state index is 12.1. The highest BCUT2D eigenvalue weighted by atomic mass is 16.3. The summed E-state index contributed by atoms with van der Waals surface area (Å²) in [5, 5.41) is 11.4. The first-order chi connectivity index (χ1) is 15.2. The first-order valence-corrected chi connectivity index (χ1v) is 9.95. The topological polar surface area (TPSA) is 67.5 Å². The molecule has 4 nitrogen and oxygen atoms in total. The number of carbonyl (C=O) groups is 1. The molecule has 0 spiro atoms. The Morgan fingerprint density at radius 3 is 2.42 bits per heavy atom. The predicted molar refractivity (Wildman–Crippen MR) is 121 cm³/mol. The molecule has 0 fully saturated rings. The Kier molecular flexibility index (Phi) is 4.60. The molecular formula is C27H18O4. The van der Waals surface area contributed by atoms with Gasteiger partial charge in [0.05, 0.1) is 0 Å². The van der Waals surface area contributed by atoms with Crippen LogP contribution in [0.2, 0.25) is 0 Å². The molecule has 0 saturated carbocycles. The number of rotatable bonds is 4. The number of benzene rings is 4. The quantitative estimate of drug-likeness (QED) is 0.308. The van der Waals surface area contributed by atoms with E-state index in [0.717, 1.165) is 33.9 Å². The molecule has 1 heterocycles. The zero-order valence-corrected chi connectivity index (χ0v) is 16.5. The second-order valence-electron chi connectivity index (χ2n) is 7.44. The third-order valence-electron chi connectivity index (χ3n) is 5.52. The Labute approximate surface area is 178 Å². The van der Waals surface area contributed by atoms with Gasteiger partial charge in [-0.3, -0.25) is 9.59 Å². The summed E-state index contributed by atoms with van der Waals surface area (Å²) < 4.78 is 6.20. The van der Waals surface area contributed by atoms with Gasteiger partial charge in [-0.25, -0.2) is 0 Å². The standard InChI is InChI=1S/C27H18O4/c28-16-18-8-4-5-9-20(18)26-21-11-10-19(29)15-25(21)31-27-22(26)12-13-24(30)23(27)14-17-6-2-1-3-7-17/h1-13,15-16,30H,14H2. The van der Waals surface area contributed by atoms with Crippen LogP contribution in [0.4, 0.5) is 0 Å². The highest BCUT2D eigenvalue weighted by molar-refractivity contribution is 6.06. The monoisotopic (exact) mass is 406 g/mol. The van der Waals surface area contributed by atoms with Gasteiger partial charge in [-0.05, 0) is 35.4 Å². The lowest BCUT2D eigenvalue weighted by Crippen LogP contribution is -2.02. The van der Waals surface area contributed by atoms with Crippen molar-refractivity contribution >= 4 is 17.3 Å². The van der Waals surface area contributed by atoms with E-state index in [2.05, 4.69) is 0 Å². The van der Waals surface area contributed by atoms with Gasteiger partial charge in [-0.2, -0.15) is 0 Å². The maximum absolute atomic E-state index is 12.1. The van der Waals surface area contributed by atoms with E-state index in [1.54, 1.807) is 24.3 Å². The van der Waals surface area contributed by atoms with Crippen LogP contribution < -0.4 is 5.43 Å². The second kappa shape index (κ2) is 7.58. The summed E-state index contributed by atoms with van der Waals surface area (Å²) in [5.74, 6) is 0.531.